The first kappa shape index (κ1) is 18.2. The summed E-state index contributed by atoms with van der Waals surface area (Å²) in [6, 6.07) is 14.1. The molecule has 0 radical (unpaired) electrons. The van der Waals surface area contributed by atoms with Crippen molar-refractivity contribution in [1.82, 2.24) is 14.8 Å². The predicted octanol–water partition coefficient (Wildman–Crippen LogP) is 3.30. The van der Waals surface area contributed by atoms with Crippen molar-refractivity contribution in [1.29, 1.82) is 0 Å². The molecule has 0 saturated carbocycles. The minimum absolute atomic E-state index is 0.159. The highest BCUT2D eigenvalue weighted by Gasteiger charge is 2.12. The molecular weight excluding hydrogens is 346 g/mol. The molecule has 1 heterocycles. The first-order valence-electron chi connectivity index (χ1n) is 8.42. The van der Waals surface area contributed by atoms with Gasteiger partial charge in [-0.15, -0.1) is 0 Å². The zero-order chi connectivity index (χ0) is 19.2. The molecule has 0 aliphatic heterocycles. The van der Waals surface area contributed by atoms with E-state index in [0.717, 1.165) is 5.56 Å². The summed E-state index contributed by atoms with van der Waals surface area (Å²) in [5, 5.41) is 23.1. The maximum atomic E-state index is 10.5. The third kappa shape index (κ3) is 4.52. The Bertz CT molecular complexity index is 962. The molecule has 0 amide bonds. The summed E-state index contributed by atoms with van der Waals surface area (Å²) in [6.45, 7) is 2.21. The van der Waals surface area contributed by atoms with Crippen LogP contribution in [0.2, 0.25) is 0 Å². The highest BCUT2D eigenvalue weighted by Crippen LogP contribution is 2.27. The van der Waals surface area contributed by atoms with Gasteiger partial charge in [0.2, 0.25) is 0 Å². The molecule has 2 aromatic carbocycles. The number of hydrogen-bond donors (Lipinski definition) is 2. The zero-order valence-electron chi connectivity index (χ0n) is 14.7. The number of ether oxygens (including phenoxy) is 1. The summed E-state index contributed by atoms with van der Waals surface area (Å²) >= 11 is 0. The lowest BCUT2D eigenvalue weighted by molar-refractivity contribution is -0.139. The Labute approximate surface area is 156 Å². The zero-order valence-corrected chi connectivity index (χ0v) is 14.7. The number of carbonyl (C=O) groups is 1. The minimum atomic E-state index is -1.02. The Morgan fingerprint density at radius 3 is 2.56 bits per heavy atom. The van der Waals surface area contributed by atoms with Crippen LogP contribution in [0.15, 0.2) is 48.5 Å². The van der Waals surface area contributed by atoms with E-state index in [1.165, 1.54) is 0 Å². The van der Waals surface area contributed by atoms with Gasteiger partial charge in [-0.2, -0.15) is 5.10 Å². The van der Waals surface area contributed by atoms with Gasteiger partial charge in [-0.25, -0.2) is 14.5 Å². The van der Waals surface area contributed by atoms with Crippen molar-refractivity contribution in [2.45, 2.75) is 13.5 Å². The summed E-state index contributed by atoms with van der Waals surface area (Å²) in [5.41, 5.74) is 1.53. The predicted molar refractivity (Wildman–Crippen MR) is 101 cm³/mol. The lowest BCUT2D eigenvalue weighted by Crippen LogP contribution is -2.09. The van der Waals surface area contributed by atoms with E-state index in [1.807, 2.05) is 31.2 Å². The van der Waals surface area contributed by atoms with Crippen LogP contribution >= 0.6 is 0 Å². The van der Waals surface area contributed by atoms with Crippen molar-refractivity contribution in [3.8, 4) is 22.9 Å². The Kier molecular flexibility index (Phi) is 5.51. The standard InChI is InChI=1S/C20H19N3O4/c1-2-23-20(16-5-3-4-6-17(16)24)21-18(22-23)12-9-14-7-10-15(11-8-14)27-13-19(25)26/h3-12,24H,2,13H2,1H3,(H,25,26)/b12-9+. The van der Waals surface area contributed by atoms with Crippen molar-refractivity contribution in [2.75, 3.05) is 6.61 Å². The molecule has 3 aromatic rings. The topological polar surface area (TPSA) is 97.5 Å². The quantitative estimate of drug-likeness (QED) is 0.667. The molecule has 0 aliphatic carbocycles. The van der Waals surface area contributed by atoms with Crippen molar-refractivity contribution in [2.24, 2.45) is 0 Å². The lowest BCUT2D eigenvalue weighted by atomic mass is 10.2. The number of carboxylic acid groups (broad SMARTS) is 1. The van der Waals surface area contributed by atoms with Crippen molar-refractivity contribution in [3.05, 3.63) is 59.9 Å². The number of hydrogen-bond acceptors (Lipinski definition) is 5. The summed E-state index contributed by atoms with van der Waals surface area (Å²) < 4.78 is 6.84. The SMILES string of the molecule is CCn1nc(/C=C/c2ccc(OCC(=O)O)cc2)nc1-c1ccccc1O. The molecule has 7 heteroatoms. The van der Waals surface area contributed by atoms with Gasteiger partial charge in [-0.05, 0) is 42.8 Å². The fraction of sp³-hybridized carbons (Fsp3) is 0.150. The highest BCUT2D eigenvalue weighted by molar-refractivity contribution is 5.70. The Hall–Kier alpha value is -3.61. The van der Waals surface area contributed by atoms with Crippen LogP contribution in [0.25, 0.3) is 23.5 Å². The molecule has 0 bridgehead atoms. The first-order chi connectivity index (χ1) is 13.1. The number of benzene rings is 2. The van der Waals surface area contributed by atoms with E-state index in [2.05, 4.69) is 10.1 Å². The number of nitrogens with zero attached hydrogens (tertiary/aromatic N) is 3. The molecule has 3 rings (SSSR count). The van der Waals surface area contributed by atoms with Gasteiger partial charge < -0.3 is 14.9 Å². The highest BCUT2D eigenvalue weighted by atomic mass is 16.5. The van der Waals surface area contributed by atoms with Gasteiger partial charge in [-0.1, -0.05) is 30.3 Å². The molecule has 138 valence electrons. The van der Waals surface area contributed by atoms with E-state index >= 15 is 0 Å². The Balaban J connectivity index is 1.78. The summed E-state index contributed by atoms with van der Waals surface area (Å²) in [7, 11) is 0. The molecule has 1 aromatic heterocycles. The molecule has 0 saturated heterocycles. The minimum Gasteiger partial charge on any atom is -0.507 e. The maximum absolute atomic E-state index is 10.5. The Morgan fingerprint density at radius 2 is 1.89 bits per heavy atom. The van der Waals surface area contributed by atoms with Crippen LogP contribution in [-0.4, -0.2) is 37.6 Å². The monoisotopic (exact) mass is 365 g/mol. The van der Waals surface area contributed by atoms with Crippen LogP contribution in [0, 0.1) is 0 Å². The van der Waals surface area contributed by atoms with E-state index in [-0.39, 0.29) is 12.4 Å². The molecule has 0 fully saturated rings. The second-order valence-electron chi connectivity index (χ2n) is 5.71. The van der Waals surface area contributed by atoms with Crippen LogP contribution in [-0.2, 0) is 11.3 Å². The van der Waals surface area contributed by atoms with E-state index in [4.69, 9.17) is 9.84 Å². The summed E-state index contributed by atoms with van der Waals surface area (Å²) in [6.07, 6.45) is 3.63. The van der Waals surface area contributed by atoms with Gasteiger partial charge >= 0.3 is 5.97 Å². The van der Waals surface area contributed by atoms with Gasteiger partial charge in [0.15, 0.2) is 18.3 Å². The number of aliphatic carboxylic acids is 1. The van der Waals surface area contributed by atoms with Crippen LogP contribution in [0.3, 0.4) is 0 Å². The van der Waals surface area contributed by atoms with Crippen molar-refractivity contribution < 1.29 is 19.7 Å². The number of aromatic hydroxyl groups is 1. The van der Waals surface area contributed by atoms with Gasteiger partial charge in [0.25, 0.3) is 0 Å². The second kappa shape index (κ2) is 8.18. The van der Waals surface area contributed by atoms with Gasteiger partial charge in [0.1, 0.15) is 11.5 Å². The fourth-order valence-corrected chi connectivity index (χ4v) is 2.50. The van der Waals surface area contributed by atoms with Crippen LogP contribution in [0.4, 0.5) is 0 Å². The molecule has 2 N–H and O–H groups in total. The van der Waals surface area contributed by atoms with E-state index in [1.54, 1.807) is 41.1 Å². The number of phenols is 1. The fourth-order valence-electron chi connectivity index (χ4n) is 2.50. The van der Waals surface area contributed by atoms with Crippen molar-refractivity contribution >= 4 is 18.1 Å². The van der Waals surface area contributed by atoms with E-state index < -0.39 is 5.97 Å². The molecule has 0 unspecified atom stereocenters. The number of aromatic nitrogens is 3. The van der Waals surface area contributed by atoms with E-state index in [0.29, 0.717) is 29.5 Å². The molecule has 0 aliphatic rings. The summed E-state index contributed by atoms with van der Waals surface area (Å²) in [4.78, 5) is 15.0. The van der Waals surface area contributed by atoms with Crippen molar-refractivity contribution in [3.63, 3.8) is 0 Å². The molecule has 0 spiro atoms. The third-order valence-electron chi connectivity index (χ3n) is 3.80. The largest absolute Gasteiger partial charge is 0.507 e. The second-order valence-corrected chi connectivity index (χ2v) is 5.71. The van der Waals surface area contributed by atoms with Crippen LogP contribution in [0.5, 0.6) is 11.5 Å². The van der Waals surface area contributed by atoms with E-state index in [9.17, 15) is 9.90 Å². The lowest BCUT2D eigenvalue weighted by Gasteiger charge is -2.04. The number of aryl methyl sites for hydroxylation is 1. The van der Waals surface area contributed by atoms with Gasteiger partial charge in [-0.3, -0.25) is 0 Å². The summed E-state index contributed by atoms with van der Waals surface area (Å²) in [5.74, 6) is 0.766. The number of rotatable bonds is 7. The molecular formula is C20H19N3O4. The van der Waals surface area contributed by atoms with Crippen LogP contribution in [0.1, 0.15) is 18.3 Å². The average molecular weight is 365 g/mol. The number of para-hydroxylation sites is 1. The average Bonchev–Trinajstić information content (AvgIpc) is 3.09. The number of phenolic OH excluding ortho intramolecular Hbond substituents is 1. The third-order valence-corrected chi connectivity index (χ3v) is 3.80. The smallest absolute Gasteiger partial charge is 0.341 e. The maximum Gasteiger partial charge on any atom is 0.341 e. The molecule has 0 atom stereocenters. The normalized spacial score (nSPS) is 11.0. The van der Waals surface area contributed by atoms with Crippen LogP contribution < -0.4 is 4.74 Å². The Morgan fingerprint density at radius 1 is 1.15 bits per heavy atom. The molecule has 27 heavy (non-hydrogen) atoms. The van der Waals surface area contributed by atoms with Gasteiger partial charge in [0, 0.05) is 6.54 Å². The molecule has 7 nitrogen and oxygen atoms in total. The van der Waals surface area contributed by atoms with Gasteiger partial charge in [0.05, 0.1) is 5.56 Å². The first-order valence-corrected chi connectivity index (χ1v) is 8.42. The number of carboxylic acids is 1.